The van der Waals surface area contributed by atoms with Crippen molar-refractivity contribution in [2.24, 2.45) is 0 Å². The van der Waals surface area contributed by atoms with Crippen LogP contribution in [0.4, 0.5) is 11.5 Å². The lowest BCUT2D eigenvalue weighted by Gasteiger charge is -2.11. The summed E-state index contributed by atoms with van der Waals surface area (Å²) in [5.74, 6) is 1.07. The van der Waals surface area contributed by atoms with Crippen molar-refractivity contribution >= 4 is 35.1 Å². The molecule has 1 aliphatic heterocycles. The second-order valence-electron chi connectivity index (χ2n) is 6.03. The van der Waals surface area contributed by atoms with Crippen molar-refractivity contribution in [3.63, 3.8) is 0 Å². The van der Waals surface area contributed by atoms with E-state index in [9.17, 15) is 19.7 Å². The van der Waals surface area contributed by atoms with E-state index in [0.29, 0.717) is 30.5 Å². The second-order valence-corrected chi connectivity index (χ2v) is 7.01. The molecule has 0 bridgehead atoms. The fourth-order valence-corrected chi connectivity index (χ4v) is 3.78. The average molecular weight is 405 g/mol. The van der Waals surface area contributed by atoms with Gasteiger partial charge in [0.15, 0.2) is 0 Å². The first kappa shape index (κ1) is 19.8. The number of nitro benzene ring substituents is 1. The number of thioether (sulfide) groups is 1. The van der Waals surface area contributed by atoms with Crippen molar-refractivity contribution in [2.75, 3.05) is 25.6 Å². The largest absolute Gasteiger partial charge is 0.383 e. The van der Waals surface area contributed by atoms with Crippen LogP contribution < -0.4 is 10.6 Å². The fraction of sp³-hybridized carbons (Fsp3) is 0.353. The maximum Gasteiger partial charge on any atom is 0.270 e. The van der Waals surface area contributed by atoms with E-state index in [1.165, 1.54) is 28.9 Å². The molecule has 2 aromatic rings. The third-order valence-electron chi connectivity index (χ3n) is 4.09. The number of ether oxygens (including phenoxy) is 1. The Kier molecular flexibility index (Phi) is 6.26. The Balaban J connectivity index is 1.79. The normalized spacial score (nSPS) is 12.5. The minimum atomic E-state index is -0.556. The summed E-state index contributed by atoms with van der Waals surface area (Å²) < 4.78 is 6.36. The van der Waals surface area contributed by atoms with E-state index < -0.39 is 10.8 Å². The monoisotopic (exact) mass is 405 g/mol. The number of hydrogen-bond acceptors (Lipinski definition) is 7. The van der Waals surface area contributed by atoms with Crippen molar-refractivity contribution in [1.82, 2.24) is 15.1 Å². The number of carbonyl (C=O) groups is 2. The summed E-state index contributed by atoms with van der Waals surface area (Å²) in [5, 5.41) is 20.8. The van der Waals surface area contributed by atoms with Gasteiger partial charge >= 0.3 is 0 Å². The highest BCUT2D eigenvalue weighted by Crippen LogP contribution is 2.35. The Hall–Kier alpha value is -2.92. The summed E-state index contributed by atoms with van der Waals surface area (Å²) in [6.07, 6.45) is 0. The van der Waals surface area contributed by atoms with Crippen LogP contribution in [0, 0.1) is 10.1 Å². The van der Waals surface area contributed by atoms with E-state index in [1.54, 1.807) is 18.9 Å². The number of amides is 2. The summed E-state index contributed by atoms with van der Waals surface area (Å²) in [7, 11) is 1.55. The molecule has 0 aliphatic carbocycles. The van der Waals surface area contributed by atoms with Gasteiger partial charge in [0.1, 0.15) is 12.4 Å². The number of rotatable bonds is 8. The highest BCUT2D eigenvalue weighted by molar-refractivity contribution is 7.98. The van der Waals surface area contributed by atoms with Crippen molar-refractivity contribution in [3.8, 4) is 0 Å². The minimum Gasteiger partial charge on any atom is -0.383 e. The van der Waals surface area contributed by atoms with Gasteiger partial charge in [-0.1, -0.05) is 6.07 Å². The van der Waals surface area contributed by atoms with Crippen LogP contribution in [0.2, 0.25) is 0 Å². The molecule has 0 spiro atoms. The first-order valence-electron chi connectivity index (χ1n) is 8.47. The number of nitrogens with one attached hydrogen (secondary N) is 2. The van der Waals surface area contributed by atoms with Crippen molar-refractivity contribution < 1.29 is 19.2 Å². The van der Waals surface area contributed by atoms with Gasteiger partial charge in [-0.3, -0.25) is 19.7 Å². The SMILES string of the molecule is COCCNC(=O)Cn1nc2c(c1NC(=O)c1cccc([N+](=O)[O-])c1)CSC2. The van der Waals surface area contributed by atoms with Gasteiger partial charge in [-0.2, -0.15) is 16.9 Å². The third kappa shape index (κ3) is 4.49. The van der Waals surface area contributed by atoms with Gasteiger partial charge in [0.05, 0.1) is 17.2 Å². The van der Waals surface area contributed by atoms with Crippen molar-refractivity contribution in [3.05, 3.63) is 51.2 Å². The molecule has 0 saturated carbocycles. The summed E-state index contributed by atoms with van der Waals surface area (Å²) in [4.78, 5) is 35.1. The average Bonchev–Trinajstić information content (AvgIpc) is 3.24. The van der Waals surface area contributed by atoms with Gasteiger partial charge in [-0.05, 0) is 6.07 Å². The Bertz CT molecular complexity index is 913. The number of nitrogens with zero attached hydrogens (tertiary/aromatic N) is 3. The zero-order valence-corrected chi connectivity index (χ0v) is 16.0. The first-order chi connectivity index (χ1) is 13.5. The number of hydrogen-bond donors (Lipinski definition) is 2. The minimum absolute atomic E-state index is 0.0497. The third-order valence-corrected chi connectivity index (χ3v) is 5.06. The van der Waals surface area contributed by atoms with Gasteiger partial charge < -0.3 is 15.4 Å². The Labute approximate surface area is 164 Å². The van der Waals surface area contributed by atoms with Gasteiger partial charge in [0.25, 0.3) is 11.6 Å². The lowest BCUT2D eigenvalue weighted by Crippen LogP contribution is -2.31. The quantitative estimate of drug-likeness (QED) is 0.387. The predicted molar refractivity (Wildman–Crippen MR) is 103 cm³/mol. The highest BCUT2D eigenvalue weighted by Gasteiger charge is 2.25. The smallest absolute Gasteiger partial charge is 0.270 e. The zero-order valence-electron chi connectivity index (χ0n) is 15.1. The maximum atomic E-state index is 12.6. The molecule has 1 aromatic carbocycles. The maximum absolute atomic E-state index is 12.6. The number of nitro groups is 1. The standard InChI is InChI=1S/C17H19N5O5S/c1-27-6-5-18-15(23)8-21-16(13-9-28-10-14(13)20-21)19-17(24)11-3-2-4-12(7-11)22(25)26/h2-4,7H,5-6,8-10H2,1H3,(H,18,23)(H,19,24). The molecule has 1 aliphatic rings. The lowest BCUT2D eigenvalue weighted by molar-refractivity contribution is -0.384. The molecule has 0 unspecified atom stereocenters. The first-order valence-corrected chi connectivity index (χ1v) is 9.62. The summed E-state index contributed by atoms with van der Waals surface area (Å²) >= 11 is 1.66. The molecule has 0 saturated heterocycles. The number of non-ortho nitro benzene ring substituents is 1. The van der Waals surface area contributed by atoms with E-state index in [2.05, 4.69) is 15.7 Å². The van der Waals surface area contributed by atoms with Crippen molar-refractivity contribution in [2.45, 2.75) is 18.1 Å². The number of anilines is 1. The zero-order chi connectivity index (χ0) is 20.1. The molecule has 0 atom stereocenters. The van der Waals surface area contributed by atoms with E-state index in [-0.39, 0.29) is 23.7 Å². The molecule has 2 N–H and O–H groups in total. The molecule has 0 fully saturated rings. The molecular formula is C17H19N5O5S. The Morgan fingerprint density at radius 1 is 1.39 bits per heavy atom. The van der Waals surface area contributed by atoms with Crippen LogP contribution in [0.15, 0.2) is 24.3 Å². The molecule has 10 nitrogen and oxygen atoms in total. The molecule has 2 heterocycles. The summed E-state index contributed by atoms with van der Waals surface area (Å²) in [6, 6.07) is 5.48. The van der Waals surface area contributed by atoms with Gasteiger partial charge in [0, 0.05) is 48.4 Å². The molecule has 2 amide bonds. The van der Waals surface area contributed by atoms with Crippen LogP contribution in [0.1, 0.15) is 21.6 Å². The van der Waals surface area contributed by atoms with Crippen LogP contribution in [0.25, 0.3) is 0 Å². The Morgan fingerprint density at radius 3 is 2.96 bits per heavy atom. The Morgan fingerprint density at radius 2 is 2.21 bits per heavy atom. The number of benzene rings is 1. The number of methoxy groups -OCH3 is 1. The number of aromatic nitrogens is 2. The molecule has 148 valence electrons. The summed E-state index contributed by atoms with van der Waals surface area (Å²) in [5.41, 5.74) is 1.68. The van der Waals surface area contributed by atoms with Crippen LogP contribution in [-0.4, -0.2) is 46.8 Å². The van der Waals surface area contributed by atoms with Crippen LogP contribution in [0.5, 0.6) is 0 Å². The predicted octanol–water partition coefficient (Wildman–Crippen LogP) is 1.55. The van der Waals surface area contributed by atoms with Crippen LogP contribution >= 0.6 is 11.8 Å². The van der Waals surface area contributed by atoms with Gasteiger partial charge in [-0.25, -0.2) is 4.68 Å². The van der Waals surface area contributed by atoms with E-state index in [0.717, 1.165) is 11.3 Å². The number of carbonyl (C=O) groups excluding carboxylic acids is 2. The number of fused-ring (bicyclic) bond motifs is 1. The molecule has 1 aromatic heterocycles. The van der Waals surface area contributed by atoms with Crippen LogP contribution in [-0.2, 0) is 27.6 Å². The van der Waals surface area contributed by atoms with E-state index >= 15 is 0 Å². The molecule has 3 rings (SSSR count). The lowest BCUT2D eigenvalue weighted by atomic mass is 10.2. The van der Waals surface area contributed by atoms with Crippen LogP contribution in [0.3, 0.4) is 0 Å². The van der Waals surface area contributed by atoms with Gasteiger partial charge in [0.2, 0.25) is 5.91 Å². The van der Waals surface area contributed by atoms with Gasteiger partial charge in [-0.15, -0.1) is 0 Å². The second kappa shape index (κ2) is 8.85. The molecule has 28 heavy (non-hydrogen) atoms. The van der Waals surface area contributed by atoms with Crippen molar-refractivity contribution in [1.29, 1.82) is 0 Å². The topological polar surface area (TPSA) is 128 Å². The summed E-state index contributed by atoms with van der Waals surface area (Å²) in [6.45, 7) is 0.724. The fourth-order valence-electron chi connectivity index (χ4n) is 2.75. The molecular weight excluding hydrogens is 386 g/mol. The molecule has 11 heteroatoms. The van der Waals surface area contributed by atoms with E-state index in [1.807, 2.05) is 0 Å². The van der Waals surface area contributed by atoms with E-state index in [4.69, 9.17) is 4.74 Å². The molecule has 0 radical (unpaired) electrons. The highest BCUT2D eigenvalue weighted by atomic mass is 32.2.